The number of carbonyl (C=O) groups is 2. The van der Waals surface area contributed by atoms with Crippen LogP contribution in [0.4, 0.5) is 0 Å². The molecule has 0 fully saturated rings. The molecule has 0 saturated carbocycles. The Balaban J connectivity index is 2.61. The van der Waals surface area contributed by atoms with Gasteiger partial charge in [-0.25, -0.2) is 0 Å². The third kappa shape index (κ3) is 6.25. The third-order valence-corrected chi connectivity index (χ3v) is 6.16. The van der Waals surface area contributed by atoms with Gasteiger partial charge in [-0.15, -0.1) is 0 Å². The first-order valence-electron chi connectivity index (χ1n) is 12.4. The van der Waals surface area contributed by atoms with Crippen molar-refractivity contribution < 1.29 is 19.4 Å². The lowest BCUT2D eigenvalue weighted by Gasteiger charge is -2.39. The maximum Gasteiger partial charge on any atom is 0.193 e. The highest BCUT2D eigenvalue weighted by molar-refractivity contribution is 6.28. The molecule has 1 aromatic carbocycles. The molecule has 4 nitrogen and oxygen atoms in total. The Labute approximate surface area is 199 Å². The van der Waals surface area contributed by atoms with E-state index in [-0.39, 0.29) is 17.1 Å². The van der Waals surface area contributed by atoms with Gasteiger partial charge in [0.05, 0.1) is 12.0 Å². The number of hydrogen-bond acceptors (Lipinski definition) is 4. The molecule has 1 aliphatic rings. The smallest absolute Gasteiger partial charge is 0.193 e. The molecule has 1 aromatic rings. The quantitative estimate of drug-likeness (QED) is 0.251. The van der Waals surface area contributed by atoms with Crippen LogP contribution in [0, 0.1) is 11.3 Å². The van der Waals surface area contributed by atoms with E-state index < -0.39 is 11.2 Å². The van der Waals surface area contributed by atoms with Gasteiger partial charge in [0.1, 0.15) is 17.1 Å². The highest BCUT2D eigenvalue weighted by Crippen LogP contribution is 2.48. The molecule has 180 valence electrons. The van der Waals surface area contributed by atoms with Crippen LogP contribution in [0.3, 0.4) is 0 Å². The van der Waals surface area contributed by atoms with Gasteiger partial charge in [-0.3, -0.25) is 9.59 Å². The highest BCUT2D eigenvalue weighted by atomic mass is 16.5. The van der Waals surface area contributed by atoms with Gasteiger partial charge in [0.25, 0.3) is 0 Å². The Hall–Kier alpha value is -2.62. The van der Waals surface area contributed by atoms with E-state index in [4.69, 9.17) is 4.74 Å². The summed E-state index contributed by atoms with van der Waals surface area (Å²) in [5.41, 5.74) is 0.496. The minimum atomic E-state index is -0.900. The lowest BCUT2D eigenvalue weighted by molar-refractivity contribution is -0.129. The van der Waals surface area contributed by atoms with Crippen molar-refractivity contribution in [2.45, 2.75) is 79.6 Å². The fraction of sp³-hybridized carbons (Fsp3) is 0.517. The second-order valence-electron chi connectivity index (χ2n) is 9.33. The van der Waals surface area contributed by atoms with Crippen LogP contribution < -0.4 is 0 Å². The van der Waals surface area contributed by atoms with Crippen molar-refractivity contribution in [3.63, 3.8) is 0 Å². The third-order valence-electron chi connectivity index (χ3n) is 6.16. The van der Waals surface area contributed by atoms with Crippen molar-refractivity contribution in [3.05, 3.63) is 64.6 Å². The van der Waals surface area contributed by atoms with E-state index in [1.165, 1.54) is 6.08 Å². The lowest BCUT2D eigenvalue weighted by Crippen LogP contribution is -2.41. The molecule has 0 amide bonds. The number of Topliss-reactive ketones (excluding diaryl/α,β-unsaturated/α-hetero) is 1. The van der Waals surface area contributed by atoms with Crippen molar-refractivity contribution in [3.8, 4) is 0 Å². The number of aliphatic hydroxyl groups excluding tert-OH is 1. The summed E-state index contributed by atoms with van der Waals surface area (Å²) < 4.78 is 6.31. The molecule has 2 rings (SSSR count). The van der Waals surface area contributed by atoms with Gasteiger partial charge in [0.15, 0.2) is 11.6 Å². The highest BCUT2D eigenvalue weighted by Gasteiger charge is 2.50. The average molecular weight is 453 g/mol. The SMILES string of the molecule is CCCC1=C(OCCC(C)C)C(CCC)(CCC)C(=O)C(C(=O)/C=C/c2ccccc2)=C1O. The summed E-state index contributed by atoms with van der Waals surface area (Å²) in [5.74, 6) is 0.112. The Kier molecular flexibility index (Phi) is 10.1. The molecule has 0 atom stereocenters. The largest absolute Gasteiger partial charge is 0.507 e. The van der Waals surface area contributed by atoms with E-state index in [2.05, 4.69) is 13.8 Å². The van der Waals surface area contributed by atoms with Crippen LogP contribution in [0.2, 0.25) is 0 Å². The number of ether oxygens (including phenoxy) is 1. The van der Waals surface area contributed by atoms with Crippen LogP contribution in [0.15, 0.2) is 59.1 Å². The zero-order valence-corrected chi connectivity index (χ0v) is 20.9. The summed E-state index contributed by atoms with van der Waals surface area (Å²) in [6, 6.07) is 9.47. The summed E-state index contributed by atoms with van der Waals surface area (Å²) in [5, 5.41) is 11.2. The summed E-state index contributed by atoms with van der Waals surface area (Å²) in [4.78, 5) is 27.2. The fourth-order valence-electron chi connectivity index (χ4n) is 4.58. The van der Waals surface area contributed by atoms with Gasteiger partial charge < -0.3 is 9.84 Å². The van der Waals surface area contributed by atoms with Gasteiger partial charge >= 0.3 is 0 Å². The standard InChI is InChI=1S/C29H40O4/c1-6-12-23-26(31)25(24(30)16-15-22-13-10-9-11-14-22)27(32)29(18-7-2,19-8-3)28(23)33-20-17-21(4)5/h9-11,13-16,21,31H,6-8,12,17-20H2,1-5H3/b16-15+. The fourth-order valence-corrected chi connectivity index (χ4v) is 4.58. The number of aliphatic hydroxyl groups is 1. The van der Waals surface area contributed by atoms with E-state index >= 15 is 0 Å². The molecule has 1 aliphatic carbocycles. The number of ketones is 2. The topological polar surface area (TPSA) is 63.6 Å². The Bertz CT molecular complexity index is 897. The van der Waals surface area contributed by atoms with Crippen LogP contribution in [0.5, 0.6) is 0 Å². The number of hydrogen-bond donors (Lipinski definition) is 1. The first-order chi connectivity index (χ1) is 15.8. The Morgan fingerprint density at radius 2 is 1.70 bits per heavy atom. The van der Waals surface area contributed by atoms with Gasteiger partial charge in [-0.05, 0) is 43.2 Å². The summed E-state index contributed by atoms with van der Waals surface area (Å²) in [7, 11) is 0. The van der Waals surface area contributed by atoms with Gasteiger partial charge in [0.2, 0.25) is 0 Å². The molecule has 0 heterocycles. The summed E-state index contributed by atoms with van der Waals surface area (Å²) >= 11 is 0. The molecule has 0 saturated heterocycles. The molecule has 0 radical (unpaired) electrons. The lowest BCUT2D eigenvalue weighted by atomic mass is 9.66. The molecular formula is C29H40O4. The number of carbonyl (C=O) groups excluding carboxylic acids is 2. The minimum absolute atomic E-state index is 0.0938. The molecule has 0 bridgehead atoms. The van der Waals surface area contributed by atoms with Crippen LogP contribution in [0.1, 0.15) is 85.1 Å². The molecule has 33 heavy (non-hydrogen) atoms. The predicted octanol–water partition coefficient (Wildman–Crippen LogP) is 7.37. The average Bonchev–Trinajstić information content (AvgIpc) is 2.79. The summed E-state index contributed by atoms with van der Waals surface area (Å²) in [6.45, 7) is 10.9. The Morgan fingerprint density at radius 1 is 1.06 bits per heavy atom. The minimum Gasteiger partial charge on any atom is -0.507 e. The molecule has 0 aromatic heterocycles. The number of allylic oxidation sites excluding steroid dienone is 4. The van der Waals surface area contributed by atoms with Gasteiger partial charge in [-0.1, -0.05) is 90.3 Å². The van der Waals surface area contributed by atoms with Gasteiger partial charge in [-0.2, -0.15) is 0 Å². The van der Waals surface area contributed by atoms with Gasteiger partial charge in [0, 0.05) is 5.57 Å². The van der Waals surface area contributed by atoms with Crippen molar-refractivity contribution >= 4 is 17.6 Å². The van der Waals surface area contributed by atoms with E-state index in [1.807, 2.05) is 51.1 Å². The first kappa shape index (κ1) is 26.6. The zero-order chi connectivity index (χ0) is 24.4. The van der Waals surface area contributed by atoms with Crippen molar-refractivity contribution in [2.75, 3.05) is 6.61 Å². The second kappa shape index (κ2) is 12.6. The van der Waals surface area contributed by atoms with Crippen LogP contribution in [0.25, 0.3) is 6.08 Å². The van der Waals surface area contributed by atoms with E-state index in [0.29, 0.717) is 43.1 Å². The molecule has 1 N–H and O–H groups in total. The number of benzene rings is 1. The number of rotatable bonds is 13. The zero-order valence-electron chi connectivity index (χ0n) is 20.9. The van der Waals surface area contributed by atoms with Crippen LogP contribution in [-0.2, 0) is 14.3 Å². The van der Waals surface area contributed by atoms with Crippen molar-refractivity contribution in [1.82, 2.24) is 0 Å². The Morgan fingerprint density at radius 3 is 2.24 bits per heavy atom. The monoisotopic (exact) mass is 452 g/mol. The molecule has 0 unspecified atom stereocenters. The second-order valence-corrected chi connectivity index (χ2v) is 9.33. The molecule has 4 heteroatoms. The van der Waals surface area contributed by atoms with Crippen molar-refractivity contribution in [2.24, 2.45) is 11.3 Å². The van der Waals surface area contributed by atoms with Crippen LogP contribution >= 0.6 is 0 Å². The maximum absolute atomic E-state index is 14.0. The maximum atomic E-state index is 14.0. The summed E-state index contributed by atoms with van der Waals surface area (Å²) in [6.07, 6.45) is 8.04. The normalized spacial score (nSPS) is 16.2. The molecule has 0 aliphatic heterocycles. The van der Waals surface area contributed by atoms with Crippen molar-refractivity contribution in [1.29, 1.82) is 0 Å². The van der Waals surface area contributed by atoms with E-state index in [1.54, 1.807) is 6.08 Å². The first-order valence-corrected chi connectivity index (χ1v) is 12.4. The predicted molar refractivity (Wildman–Crippen MR) is 135 cm³/mol. The van der Waals surface area contributed by atoms with E-state index in [0.717, 1.165) is 31.2 Å². The molecule has 0 spiro atoms. The van der Waals surface area contributed by atoms with Crippen LogP contribution in [-0.4, -0.2) is 23.3 Å². The molecular weight excluding hydrogens is 412 g/mol. The van der Waals surface area contributed by atoms with E-state index in [9.17, 15) is 14.7 Å².